The first-order valence-corrected chi connectivity index (χ1v) is 6.23. The summed E-state index contributed by atoms with van der Waals surface area (Å²) in [4.78, 5) is 17.7. The largest absolute Gasteiger partial charge is 0.373 e. The summed E-state index contributed by atoms with van der Waals surface area (Å²) in [5.74, 6) is 0.915. The van der Waals surface area contributed by atoms with E-state index >= 15 is 0 Å². The molecule has 0 aliphatic heterocycles. The number of aromatic nitrogens is 1. The molecule has 0 spiro atoms. The van der Waals surface area contributed by atoms with E-state index in [-0.39, 0.29) is 5.91 Å². The van der Waals surface area contributed by atoms with E-state index in [2.05, 4.69) is 15.6 Å². The smallest absolute Gasteiger partial charge is 0.234 e. The highest BCUT2D eigenvalue weighted by Crippen LogP contribution is 2.07. The van der Waals surface area contributed by atoms with E-state index in [0.717, 1.165) is 30.9 Å². The Labute approximate surface area is 109 Å². The average molecular weight is 250 g/mol. The summed E-state index contributed by atoms with van der Waals surface area (Å²) in [7, 11) is 3.78. The Kier molecular flexibility index (Phi) is 6.14. The van der Waals surface area contributed by atoms with Crippen LogP contribution >= 0.6 is 0 Å². The second-order valence-electron chi connectivity index (χ2n) is 4.32. The molecular formula is C13H22N4O. The Hall–Kier alpha value is -1.62. The normalized spacial score (nSPS) is 10.4. The lowest BCUT2D eigenvalue weighted by atomic mass is 10.2. The molecule has 1 aromatic rings. The molecule has 0 saturated carbocycles. The lowest BCUT2D eigenvalue weighted by Gasteiger charge is -2.16. The molecule has 18 heavy (non-hydrogen) atoms. The zero-order valence-electron chi connectivity index (χ0n) is 11.4. The van der Waals surface area contributed by atoms with Gasteiger partial charge in [0.25, 0.3) is 0 Å². The van der Waals surface area contributed by atoms with Crippen molar-refractivity contribution in [3.05, 3.63) is 23.9 Å². The van der Waals surface area contributed by atoms with Crippen LogP contribution in [-0.4, -0.2) is 43.0 Å². The number of hydrogen-bond donors (Lipinski definition) is 2. The van der Waals surface area contributed by atoms with Gasteiger partial charge >= 0.3 is 0 Å². The predicted molar refractivity (Wildman–Crippen MR) is 73.4 cm³/mol. The van der Waals surface area contributed by atoms with Crippen molar-refractivity contribution in [2.24, 2.45) is 0 Å². The van der Waals surface area contributed by atoms with Crippen LogP contribution in [0.1, 0.15) is 18.9 Å². The number of carbonyl (C=O) groups is 1. The number of likely N-dealkylation sites (N-methyl/N-ethyl adjacent to an activating group) is 1. The first-order chi connectivity index (χ1) is 8.65. The zero-order chi connectivity index (χ0) is 13.4. The maximum absolute atomic E-state index is 11.5. The second kappa shape index (κ2) is 7.66. The molecule has 1 amide bonds. The van der Waals surface area contributed by atoms with Crippen molar-refractivity contribution < 1.29 is 4.79 Å². The van der Waals surface area contributed by atoms with Crippen molar-refractivity contribution in [1.29, 1.82) is 0 Å². The molecular weight excluding hydrogens is 228 g/mol. The Morgan fingerprint density at radius 3 is 2.94 bits per heavy atom. The molecule has 1 heterocycles. The first-order valence-electron chi connectivity index (χ1n) is 6.23. The maximum atomic E-state index is 11.5. The Morgan fingerprint density at radius 2 is 2.28 bits per heavy atom. The van der Waals surface area contributed by atoms with E-state index in [1.54, 1.807) is 6.20 Å². The van der Waals surface area contributed by atoms with Crippen LogP contribution in [0.5, 0.6) is 0 Å². The fourth-order valence-corrected chi connectivity index (χ4v) is 1.64. The molecule has 1 aromatic heterocycles. The second-order valence-corrected chi connectivity index (χ2v) is 4.32. The number of amides is 1. The van der Waals surface area contributed by atoms with Crippen molar-refractivity contribution in [2.75, 3.05) is 32.5 Å². The van der Waals surface area contributed by atoms with Gasteiger partial charge in [0.2, 0.25) is 5.91 Å². The minimum Gasteiger partial charge on any atom is -0.373 e. The van der Waals surface area contributed by atoms with Crippen LogP contribution in [0.3, 0.4) is 0 Å². The van der Waals surface area contributed by atoms with E-state index in [0.29, 0.717) is 6.54 Å². The summed E-state index contributed by atoms with van der Waals surface area (Å²) in [6.07, 6.45) is 2.73. The predicted octanol–water partition coefficient (Wildman–Crippen LogP) is 1.08. The quantitative estimate of drug-likeness (QED) is 0.760. The Morgan fingerprint density at radius 1 is 1.50 bits per heavy atom. The van der Waals surface area contributed by atoms with Crippen LogP contribution < -0.4 is 10.6 Å². The highest BCUT2D eigenvalue weighted by Gasteiger charge is 2.06. The Balaban J connectivity index is 2.43. The van der Waals surface area contributed by atoms with E-state index in [1.165, 1.54) is 0 Å². The summed E-state index contributed by atoms with van der Waals surface area (Å²) in [5, 5.41) is 5.87. The van der Waals surface area contributed by atoms with E-state index < -0.39 is 0 Å². The number of carbonyl (C=O) groups excluding carboxylic acids is 1. The molecule has 0 aromatic carbocycles. The third kappa shape index (κ3) is 5.14. The van der Waals surface area contributed by atoms with Crippen molar-refractivity contribution >= 4 is 11.7 Å². The zero-order valence-corrected chi connectivity index (χ0v) is 11.4. The van der Waals surface area contributed by atoms with Gasteiger partial charge in [-0.3, -0.25) is 9.69 Å². The summed E-state index contributed by atoms with van der Waals surface area (Å²) < 4.78 is 0. The van der Waals surface area contributed by atoms with Gasteiger partial charge in [-0.15, -0.1) is 0 Å². The van der Waals surface area contributed by atoms with Gasteiger partial charge in [0.05, 0.1) is 6.54 Å². The van der Waals surface area contributed by atoms with Gasteiger partial charge in [0.1, 0.15) is 5.82 Å². The van der Waals surface area contributed by atoms with Crippen LogP contribution in [-0.2, 0) is 11.3 Å². The number of nitrogens with zero attached hydrogens (tertiary/aromatic N) is 2. The highest BCUT2D eigenvalue weighted by atomic mass is 16.2. The molecule has 0 atom stereocenters. The van der Waals surface area contributed by atoms with Crippen LogP contribution in [0.15, 0.2) is 18.3 Å². The van der Waals surface area contributed by atoms with Crippen molar-refractivity contribution in [2.45, 2.75) is 19.9 Å². The van der Waals surface area contributed by atoms with Crippen LogP contribution in [0.4, 0.5) is 5.82 Å². The monoisotopic (exact) mass is 250 g/mol. The summed E-state index contributed by atoms with van der Waals surface area (Å²) in [6, 6.07) is 3.95. The molecule has 0 fully saturated rings. The molecule has 5 nitrogen and oxygen atoms in total. The van der Waals surface area contributed by atoms with Crippen LogP contribution in [0, 0.1) is 0 Å². The van der Waals surface area contributed by atoms with Gasteiger partial charge < -0.3 is 10.6 Å². The summed E-state index contributed by atoms with van der Waals surface area (Å²) in [6.45, 7) is 3.93. The number of hydrogen-bond acceptors (Lipinski definition) is 4. The topological polar surface area (TPSA) is 57.3 Å². The van der Waals surface area contributed by atoms with Crippen molar-refractivity contribution in [3.63, 3.8) is 0 Å². The minimum atomic E-state index is 0.0715. The molecule has 0 bridgehead atoms. The average Bonchev–Trinajstić information content (AvgIpc) is 2.36. The van der Waals surface area contributed by atoms with Crippen LogP contribution in [0.25, 0.3) is 0 Å². The molecule has 100 valence electrons. The highest BCUT2D eigenvalue weighted by molar-refractivity contribution is 5.77. The number of anilines is 1. The molecule has 0 aliphatic carbocycles. The van der Waals surface area contributed by atoms with E-state index in [4.69, 9.17) is 0 Å². The molecule has 1 rings (SSSR count). The van der Waals surface area contributed by atoms with Crippen LogP contribution in [0.2, 0.25) is 0 Å². The van der Waals surface area contributed by atoms with Gasteiger partial charge in [-0.05, 0) is 31.2 Å². The standard InChI is InChI=1S/C13H22N4O/c1-4-6-16-13(18)10-17(3)9-11-5-7-15-12(8-11)14-2/h5,7-8H,4,6,9-10H2,1-3H3,(H,14,15)(H,16,18). The number of nitrogens with one attached hydrogen (secondary N) is 2. The molecule has 0 unspecified atom stereocenters. The SMILES string of the molecule is CCCNC(=O)CN(C)Cc1ccnc(NC)c1. The number of pyridine rings is 1. The molecule has 5 heteroatoms. The summed E-state index contributed by atoms with van der Waals surface area (Å²) in [5.41, 5.74) is 1.14. The first kappa shape index (κ1) is 14.4. The van der Waals surface area contributed by atoms with Crippen molar-refractivity contribution in [1.82, 2.24) is 15.2 Å². The fraction of sp³-hybridized carbons (Fsp3) is 0.538. The maximum Gasteiger partial charge on any atom is 0.234 e. The van der Waals surface area contributed by atoms with Gasteiger partial charge in [-0.2, -0.15) is 0 Å². The number of rotatable bonds is 7. The third-order valence-corrected chi connectivity index (χ3v) is 2.52. The molecule has 2 N–H and O–H groups in total. The lowest BCUT2D eigenvalue weighted by Crippen LogP contribution is -2.35. The van der Waals surface area contributed by atoms with Gasteiger partial charge in [-0.25, -0.2) is 4.98 Å². The van der Waals surface area contributed by atoms with Gasteiger partial charge in [0.15, 0.2) is 0 Å². The van der Waals surface area contributed by atoms with E-state index in [1.807, 2.05) is 38.1 Å². The lowest BCUT2D eigenvalue weighted by molar-refractivity contribution is -0.122. The fourth-order valence-electron chi connectivity index (χ4n) is 1.64. The molecule has 0 aliphatic rings. The van der Waals surface area contributed by atoms with Gasteiger partial charge in [0, 0.05) is 26.3 Å². The third-order valence-electron chi connectivity index (χ3n) is 2.52. The van der Waals surface area contributed by atoms with E-state index in [9.17, 15) is 4.79 Å². The molecule has 0 radical (unpaired) electrons. The Bertz CT molecular complexity index is 381. The summed E-state index contributed by atoms with van der Waals surface area (Å²) >= 11 is 0. The minimum absolute atomic E-state index is 0.0715. The molecule has 0 saturated heterocycles. The van der Waals surface area contributed by atoms with Crippen molar-refractivity contribution in [3.8, 4) is 0 Å². The van der Waals surface area contributed by atoms with Gasteiger partial charge in [-0.1, -0.05) is 6.92 Å².